The Labute approximate surface area is 203 Å². The third kappa shape index (κ3) is 5.07. The topological polar surface area (TPSA) is 70.5 Å². The smallest absolute Gasteiger partial charge is 0.272 e. The summed E-state index contributed by atoms with van der Waals surface area (Å²) >= 11 is 0. The van der Waals surface area contributed by atoms with Gasteiger partial charge in [0.15, 0.2) is 17.3 Å². The molecular weight excluding hydrogens is 459 g/mol. The van der Waals surface area contributed by atoms with Crippen LogP contribution >= 0.6 is 0 Å². The number of halogens is 3. The number of carbonyl (C=O) groups is 2. The van der Waals surface area contributed by atoms with E-state index < -0.39 is 34.8 Å². The number of hydrogen-bond donors (Lipinski definition) is 1. The molecule has 1 fully saturated rings. The minimum atomic E-state index is -1.29. The van der Waals surface area contributed by atoms with Crippen LogP contribution in [0, 0.1) is 22.9 Å². The van der Waals surface area contributed by atoms with Crippen LogP contribution in [0.1, 0.15) is 56.2 Å². The maximum absolute atomic E-state index is 14.7. The van der Waals surface area contributed by atoms with Gasteiger partial charge in [-0.2, -0.15) is 0 Å². The monoisotopic (exact) mass is 491 g/mol. The predicted molar refractivity (Wildman–Crippen MR) is 125 cm³/mol. The van der Waals surface area contributed by atoms with E-state index in [-0.39, 0.29) is 23.0 Å². The number of likely N-dealkylation sites (tertiary alicyclic amines) is 1. The normalized spacial score (nSPS) is 17.7. The Morgan fingerprint density at radius 2 is 1.63 bits per heavy atom. The molecule has 4 rings (SSSR count). The van der Waals surface area contributed by atoms with Crippen LogP contribution in [0.3, 0.4) is 0 Å². The summed E-state index contributed by atoms with van der Waals surface area (Å²) in [5.74, 6) is -4.07. The highest BCUT2D eigenvalue weighted by atomic mass is 19.2. The first kappa shape index (κ1) is 25.2. The second-order valence-electron chi connectivity index (χ2n) is 10.5. The standard InChI is InChI=1S/C25H32F3N5O2/c1-25(2,3)21(24(35)32-9-5-6-10-32)30-23(34)20-19-14-31(4)8-7-11-33(19)22(29-20)15-12-17(27)18(28)13-16(15)26/h12-13,21H,5-11,14H2,1-4H3,(H,30,34)/t21-/m1/s1. The summed E-state index contributed by atoms with van der Waals surface area (Å²) in [4.78, 5) is 35.0. The zero-order chi connectivity index (χ0) is 25.5. The number of imidazole rings is 1. The highest BCUT2D eigenvalue weighted by Crippen LogP contribution is 2.30. The molecular formula is C25H32F3N5O2. The molecule has 0 spiro atoms. The van der Waals surface area contributed by atoms with Crippen LogP contribution in [0.25, 0.3) is 11.4 Å². The quantitative estimate of drug-likeness (QED) is 0.664. The second-order valence-corrected chi connectivity index (χ2v) is 10.5. The molecule has 1 aromatic heterocycles. The van der Waals surface area contributed by atoms with Crippen LogP contribution in [0.2, 0.25) is 0 Å². The molecule has 0 saturated carbocycles. The minimum Gasteiger partial charge on any atom is -0.341 e. The van der Waals surface area contributed by atoms with E-state index in [2.05, 4.69) is 10.3 Å². The first-order valence-electron chi connectivity index (χ1n) is 12.0. The molecule has 0 radical (unpaired) electrons. The van der Waals surface area contributed by atoms with Crippen molar-refractivity contribution in [2.75, 3.05) is 26.7 Å². The number of fused-ring (bicyclic) bond motifs is 1. The number of aromatic nitrogens is 2. The molecule has 0 unspecified atom stereocenters. The molecule has 2 aliphatic rings. The van der Waals surface area contributed by atoms with Gasteiger partial charge >= 0.3 is 0 Å². The Bertz CT molecular complexity index is 1140. The SMILES string of the molecule is CN1CCCn2c(-c3cc(F)c(F)cc3F)nc(C(=O)N[C@H](C(=O)N3CCCC3)C(C)(C)C)c2C1. The van der Waals surface area contributed by atoms with E-state index >= 15 is 0 Å². The fourth-order valence-corrected chi connectivity index (χ4v) is 4.77. The van der Waals surface area contributed by atoms with Crippen molar-refractivity contribution < 1.29 is 22.8 Å². The zero-order valence-electron chi connectivity index (χ0n) is 20.6. The van der Waals surface area contributed by atoms with E-state index in [9.17, 15) is 22.8 Å². The predicted octanol–water partition coefficient (Wildman–Crippen LogP) is 3.57. The average molecular weight is 492 g/mol. The highest BCUT2D eigenvalue weighted by Gasteiger charge is 2.38. The Morgan fingerprint density at radius 1 is 0.971 bits per heavy atom. The van der Waals surface area contributed by atoms with Gasteiger partial charge in [-0.1, -0.05) is 20.8 Å². The number of amides is 2. The Morgan fingerprint density at radius 3 is 2.29 bits per heavy atom. The summed E-state index contributed by atoms with van der Waals surface area (Å²) in [5, 5.41) is 2.88. The van der Waals surface area contributed by atoms with Gasteiger partial charge in [0.05, 0.1) is 11.3 Å². The van der Waals surface area contributed by atoms with Crippen molar-refractivity contribution in [3.63, 3.8) is 0 Å². The Hall–Kier alpha value is -2.88. The summed E-state index contributed by atoms with van der Waals surface area (Å²) < 4.78 is 44.0. The molecule has 2 amide bonds. The van der Waals surface area contributed by atoms with Gasteiger partial charge in [0.1, 0.15) is 17.7 Å². The van der Waals surface area contributed by atoms with Gasteiger partial charge in [-0.15, -0.1) is 0 Å². The third-order valence-electron chi connectivity index (χ3n) is 6.69. The summed E-state index contributed by atoms with van der Waals surface area (Å²) in [5.41, 5.74) is -0.170. The molecule has 0 aliphatic carbocycles. The van der Waals surface area contributed by atoms with Gasteiger partial charge in [-0.3, -0.25) is 9.59 Å². The molecule has 2 aromatic rings. The molecule has 2 aliphatic heterocycles. The van der Waals surface area contributed by atoms with Crippen LogP contribution in [0.4, 0.5) is 13.2 Å². The first-order valence-corrected chi connectivity index (χ1v) is 12.0. The van der Waals surface area contributed by atoms with E-state index in [4.69, 9.17) is 0 Å². The molecule has 190 valence electrons. The Kier molecular flexibility index (Phi) is 6.95. The fourth-order valence-electron chi connectivity index (χ4n) is 4.77. The van der Waals surface area contributed by atoms with Crippen molar-refractivity contribution in [2.45, 2.75) is 59.2 Å². The Balaban J connectivity index is 1.75. The minimum absolute atomic E-state index is 0.0568. The second kappa shape index (κ2) is 9.64. The molecule has 3 heterocycles. The molecule has 1 atom stereocenters. The fraction of sp³-hybridized carbons (Fsp3) is 0.560. The lowest BCUT2D eigenvalue weighted by atomic mass is 9.85. The van der Waals surface area contributed by atoms with E-state index in [1.165, 1.54) is 0 Å². The van der Waals surface area contributed by atoms with E-state index in [0.29, 0.717) is 44.4 Å². The van der Waals surface area contributed by atoms with Crippen molar-refractivity contribution in [3.8, 4) is 11.4 Å². The molecule has 35 heavy (non-hydrogen) atoms. The molecule has 1 saturated heterocycles. The van der Waals surface area contributed by atoms with Crippen LogP contribution in [0.15, 0.2) is 12.1 Å². The van der Waals surface area contributed by atoms with Gasteiger partial charge in [0.2, 0.25) is 5.91 Å². The van der Waals surface area contributed by atoms with Crippen LogP contribution < -0.4 is 5.32 Å². The number of carbonyl (C=O) groups excluding carboxylic acids is 2. The number of nitrogens with one attached hydrogen (secondary N) is 1. The van der Waals surface area contributed by atoms with Gasteiger partial charge in [-0.25, -0.2) is 18.2 Å². The lowest BCUT2D eigenvalue weighted by Crippen LogP contribution is -2.54. The van der Waals surface area contributed by atoms with Crippen molar-refractivity contribution in [2.24, 2.45) is 5.41 Å². The number of rotatable bonds is 4. The number of hydrogen-bond acceptors (Lipinski definition) is 4. The lowest BCUT2D eigenvalue weighted by Gasteiger charge is -2.33. The maximum Gasteiger partial charge on any atom is 0.272 e. The maximum atomic E-state index is 14.7. The zero-order valence-corrected chi connectivity index (χ0v) is 20.6. The number of nitrogens with zero attached hydrogens (tertiary/aromatic N) is 4. The average Bonchev–Trinajstić information content (AvgIpc) is 3.38. The van der Waals surface area contributed by atoms with Crippen LogP contribution in [-0.2, 0) is 17.9 Å². The van der Waals surface area contributed by atoms with Crippen molar-refractivity contribution >= 4 is 11.8 Å². The highest BCUT2D eigenvalue weighted by molar-refractivity contribution is 5.98. The van der Waals surface area contributed by atoms with Gasteiger partial charge in [0.25, 0.3) is 5.91 Å². The molecule has 1 aromatic carbocycles. The third-order valence-corrected chi connectivity index (χ3v) is 6.69. The summed E-state index contributed by atoms with van der Waals surface area (Å²) in [6.45, 7) is 8.50. The number of benzene rings is 1. The summed E-state index contributed by atoms with van der Waals surface area (Å²) in [6.07, 6.45) is 2.57. The molecule has 0 bridgehead atoms. The lowest BCUT2D eigenvalue weighted by molar-refractivity contribution is -0.134. The van der Waals surface area contributed by atoms with E-state index in [1.54, 1.807) is 9.47 Å². The van der Waals surface area contributed by atoms with Crippen molar-refractivity contribution in [1.82, 2.24) is 24.7 Å². The first-order chi connectivity index (χ1) is 16.5. The molecule has 7 nitrogen and oxygen atoms in total. The van der Waals surface area contributed by atoms with E-state index in [1.807, 2.05) is 32.7 Å². The molecule has 10 heteroatoms. The summed E-state index contributed by atoms with van der Waals surface area (Å²) in [7, 11) is 1.90. The van der Waals surface area contributed by atoms with Gasteiger partial charge in [0, 0.05) is 32.2 Å². The van der Waals surface area contributed by atoms with Crippen molar-refractivity contribution in [3.05, 3.63) is 41.0 Å². The van der Waals surface area contributed by atoms with Crippen molar-refractivity contribution in [1.29, 1.82) is 0 Å². The van der Waals surface area contributed by atoms with Crippen LogP contribution in [0.5, 0.6) is 0 Å². The van der Waals surface area contributed by atoms with E-state index in [0.717, 1.165) is 25.5 Å². The summed E-state index contributed by atoms with van der Waals surface area (Å²) in [6, 6.07) is 0.474. The van der Waals surface area contributed by atoms with Gasteiger partial charge in [-0.05, 0) is 44.3 Å². The molecule has 1 N–H and O–H groups in total. The van der Waals surface area contributed by atoms with Crippen LogP contribution in [-0.4, -0.2) is 63.9 Å². The van der Waals surface area contributed by atoms with Gasteiger partial charge < -0.3 is 19.7 Å². The largest absolute Gasteiger partial charge is 0.341 e.